The largest absolute Gasteiger partial charge is 0.469 e. The van der Waals surface area contributed by atoms with Crippen molar-refractivity contribution in [3.63, 3.8) is 0 Å². The third kappa shape index (κ3) is 2.61. The summed E-state index contributed by atoms with van der Waals surface area (Å²) in [6.45, 7) is 1.84. The Balaban J connectivity index is 1.91. The van der Waals surface area contributed by atoms with Crippen molar-refractivity contribution in [2.24, 2.45) is 0 Å². The van der Waals surface area contributed by atoms with Gasteiger partial charge >= 0.3 is 0 Å². The van der Waals surface area contributed by atoms with Gasteiger partial charge in [0, 0.05) is 6.04 Å². The molecule has 0 spiro atoms. The van der Waals surface area contributed by atoms with Crippen LogP contribution in [0, 0.1) is 6.92 Å². The predicted molar refractivity (Wildman–Crippen MR) is 57.8 cm³/mol. The third-order valence-corrected chi connectivity index (χ3v) is 2.93. The van der Waals surface area contributed by atoms with Gasteiger partial charge in [0.1, 0.15) is 12.0 Å². The maximum atomic E-state index is 11.8. The standard InChI is InChI=1S/C12H17NO2/c1-9-7-10(8-15-9)12(14)13-11-5-3-2-4-6-11/h7-8,11H,2-6H2,1H3,(H,13,14). The van der Waals surface area contributed by atoms with Gasteiger partial charge in [-0.05, 0) is 25.8 Å². The zero-order valence-corrected chi connectivity index (χ0v) is 9.08. The summed E-state index contributed by atoms with van der Waals surface area (Å²) in [7, 11) is 0. The average Bonchev–Trinajstić information content (AvgIpc) is 2.66. The van der Waals surface area contributed by atoms with Crippen molar-refractivity contribution in [3.8, 4) is 0 Å². The van der Waals surface area contributed by atoms with Crippen molar-refractivity contribution in [1.82, 2.24) is 5.32 Å². The Morgan fingerprint density at radius 3 is 2.73 bits per heavy atom. The highest BCUT2D eigenvalue weighted by molar-refractivity contribution is 5.94. The molecule has 0 atom stereocenters. The number of nitrogens with one attached hydrogen (secondary N) is 1. The van der Waals surface area contributed by atoms with E-state index in [0.717, 1.165) is 18.6 Å². The van der Waals surface area contributed by atoms with E-state index < -0.39 is 0 Å². The van der Waals surface area contributed by atoms with Gasteiger partial charge in [-0.3, -0.25) is 4.79 Å². The fraction of sp³-hybridized carbons (Fsp3) is 0.583. The molecule has 15 heavy (non-hydrogen) atoms. The highest BCUT2D eigenvalue weighted by Crippen LogP contribution is 2.18. The second-order valence-corrected chi connectivity index (χ2v) is 4.25. The Bertz CT molecular complexity index is 337. The van der Waals surface area contributed by atoms with Crippen LogP contribution >= 0.6 is 0 Å². The monoisotopic (exact) mass is 207 g/mol. The summed E-state index contributed by atoms with van der Waals surface area (Å²) < 4.78 is 5.11. The summed E-state index contributed by atoms with van der Waals surface area (Å²) in [4.78, 5) is 11.8. The highest BCUT2D eigenvalue weighted by atomic mass is 16.3. The molecule has 1 heterocycles. The maximum absolute atomic E-state index is 11.8. The van der Waals surface area contributed by atoms with E-state index in [4.69, 9.17) is 4.42 Å². The molecule has 3 nitrogen and oxygen atoms in total. The molecule has 1 aromatic rings. The van der Waals surface area contributed by atoms with Crippen LogP contribution in [0.3, 0.4) is 0 Å². The van der Waals surface area contributed by atoms with Crippen LogP contribution in [-0.4, -0.2) is 11.9 Å². The molecule has 0 bridgehead atoms. The van der Waals surface area contributed by atoms with E-state index >= 15 is 0 Å². The lowest BCUT2D eigenvalue weighted by Gasteiger charge is -2.22. The smallest absolute Gasteiger partial charge is 0.254 e. The summed E-state index contributed by atoms with van der Waals surface area (Å²) >= 11 is 0. The summed E-state index contributed by atoms with van der Waals surface area (Å²) in [6.07, 6.45) is 7.51. The van der Waals surface area contributed by atoms with Crippen molar-refractivity contribution < 1.29 is 9.21 Å². The Labute approximate surface area is 89.9 Å². The van der Waals surface area contributed by atoms with Gasteiger partial charge < -0.3 is 9.73 Å². The van der Waals surface area contributed by atoms with Crippen molar-refractivity contribution in [2.45, 2.75) is 45.1 Å². The number of amides is 1. The summed E-state index contributed by atoms with van der Waals surface area (Å²) in [5, 5.41) is 3.05. The van der Waals surface area contributed by atoms with Gasteiger partial charge in [-0.1, -0.05) is 19.3 Å². The minimum atomic E-state index is -0.00116. The normalized spacial score (nSPS) is 17.7. The van der Waals surface area contributed by atoms with E-state index in [-0.39, 0.29) is 5.91 Å². The molecule has 0 aromatic carbocycles. The van der Waals surface area contributed by atoms with Gasteiger partial charge in [0.2, 0.25) is 0 Å². The van der Waals surface area contributed by atoms with E-state index in [1.54, 1.807) is 6.07 Å². The minimum Gasteiger partial charge on any atom is -0.469 e. The molecule has 1 aromatic heterocycles. The molecule has 3 heteroatoms. The second kappa shape index (κ2) is 4.51. The molecular formula is C12H17NO2. The molecule has 1 fully saturated rings. The number of hydrogen-bond donors (Lipinski definition) is 1. The van der Waals surface area contributed by atoms with E-state index in [9.17, 15) is 4.79 Å². The van der Waals surface area contributed by atoms with Gasteiger partial charge in [-0.15, -0.1) is 0 Å². The molecule has 0 unspecified atom stereocenters. The van der Waals surface area contributed by atoms with Crippen LogP contribution in [0.15, 0.2) is 16.7 Å². The van der Waals surface area contributed by atoms with Crippen LogP contribution in [0.5, 0.6) is 0 Å². The van der Waals surface area contributed by atoms with Crippen LogP contribution in [-0.2, 0) is 0 Å². The molecule has 1 amide bonds. The van der Waals surface area contributed by atoms with Gasteiger partial charge in [-0.2, -0.15) is 0 Å². The van der Waals surface area contributed by atoms with E-state index in [1.165, 1.54) is 25.5 Å². The first kappa shape index (κ1) is 10.3. The number of hydrogen-bond acceptors (Lipinski definition) is 2. The molecule has 1 N–H and O–H groups in total. The Kier molecular flexibility index (Phi) is 3.09. The summed E-state index contributed by atoms with van der Waals surface area (Å²) in [6, 6.07) is 2.14. The Morgan fingerprint density at radius 2 is 2.13 bits per heavy atom. The fourth-order valence-electron chi connectivity index (χ4n) is 2.08. The van der Waals surface area contributed by atoms with E-state index in [0.29, 0.717) is 11.6 Å². The first-order valence-corrected chi connectivity index (χ1v) is 5.62. The number of carbonyl (C=O) groups is 1. The van der Waals surface area contributed by atoms with Crippen LogP contribution in [0.25, 0.3) is 0 Å². The topological polar surface area (TPSA) is 42.2 Å². The zero-order chi connectivity index (χ0) is 10.7. The zero-order valence-electron chi connectivity index (χ0n) is 9.08. The first-order valence-electron chi connectivity index (χ1n) is 5.62. The van der Waals surface area contributed by atoms with Crippen molar-refractivity contribution >= 4 is 5.91 Å². The fourth-order valence-corrected chi connectivity index (χ4v) is 2.08. The van der Waals surface area contributed by atoms with Crippen LogP contribution in [0.1, 0.15) is 48.2 Å². The first-order chi connectivity index (χ1) is 7.25. The van der Waals surface area contributed by atoms with E-state index in [2.05, 4.69) is 5.32 Å². The van der Waals surface area contributed by atoms with Crippen LogP contribution < -0.4 is 5.32 Å². The maximum Gasteiger partial charge on any atom is 0.254 e. The van der Waals surface area contributed by atoms with Gasteiger partial charge in [-0.25, -0.2) is 0 Å². The van der Waals surface area contributed by atoms with Gasteiger partial charge in [0.05, 0.1) is 5.56 Å². The lowest BCUT2D eigenvalue weighted by atomic mass is 9.95. The lowest BCUT2D eigenvalue weighted by molar-refractivity contribution is 0.0927. The molecule has 0 saturated heterocycles. The molecule has 1 aliphatic rings. The average molecular weight is 207 g/mol. The van der Waals surface area contributed by atoms with Crippen molar-refractivity contribution in [2.75, 3.05) is 0 Å². The summed E-state index contributed by atoms with van der Waals surface area (Å²) in [5.41, 5.74) is 0.637. The lowest BCUT2D eigenvalue weighted by Crippen LogP contribution is -2.35. The predicted octanol–water partition coefficient (Wildman–Crippen LogP) is 2.65. The molecule has 1 saturated carbocycles. The molecule has 82 valence electrons. The molecule has 0 radical (unpaired) electrons. The second-order valence-electron chi connectivity index (χ2n) is 4.25. The van der Waals surface area contributed by atoms with Gasteiger partial charge in [0.25, 0.3) is 5.91 Å². The van der Waals surface area contributed by atoms with Crippen LogP contribution in [0.2, 0.25) is 0 Å². The molecule has 2 rings (SSSR count). The minimum absolute atomic E-state index is 0.00116. The molecule has 1 aliphatic carbocycles. The highest BCUT2D eigenvalue weighted by Gasteiger charge is 2.17. The quantitative estimate of drug-likeness (QED) is 0.810. The number of rotatable bonds is 2. The van der Waals surface area contributed by atoms with Crippen molar-refractivity contribution in [3.05, 3.63) is 23.7 Å². The Hall–Kier alpha value is -1.25. The van der Waals surface area contributed by atoms with Crippen LogP contribution in [0.4, 0.5) is 0 Å². The van der Waals surface area contributed by atoms with Gasteiger partial charge in [0.15, 0.2) is 0 Å². The molecular weight excluding hydrogens is 190 g/mol. The number of furan rings is 1. The third-order valence-electron chi connectivity index (χ3n) is 2.93. The Morgan fingerprint density at radius 1 is 1.40 bits per heavy atom. The van der Waals surface area contributed by atoms with E-state index in [1.807, 2.05) is 6.92 Å². The summed E-state index contributed by atoms with van der Waals surface area (Å²) in [5.74, 6) is 0.780. The SMILES string of the molecule is Cc1cc(C(=O)NC2CCCCC2)co1. The number of aryl methyl sites for hydroxylation is 1. The number of carbonyl (C=O) groups excluding carboxylic acids is 1. The molecule has 0 aliphatic heterocycles. The van der Waals surface area contributed by atoms with Crippen molar-refractivity contribution in [1.29, 1.82) is 0 Å².